The number of carbonyl (C=O) groups is 1. The Labute approximate surface area is 212 Å². The Hall–Kier alpha value is -2.96. The molecule has 3 heterocycles. The van der Waals surface area contributed by atoms with Crippen LogP contribution in [0.15, 0.2) is 54.6 Å². The molecule has 0 unspecified atom stereocenters. The Morgan fingerprint density at radius 2 is 1.94 bits per heavy atom. The van der Waals surface area contributed by atoms with E-state index in [9.17, 15) is 9.18 Å². The molecule has 3 aliphatic rings. The van der Waals surface area contributed by atoms with E-state index in [0.717, 1.165) is 75.1 Å². The quantitative estimate of drug-likeness (QED) is 0.488. The van der Waals surface area contributed by atoms with Crippen LogP contribution in [0.5, 0.6) is 0 Å². The van der Waals surface area contributed by atoms with E-state index < -0.39 is 0 Å². The van der Waals surface area contributed by atoms with Crippen LogP contribution in [0.2, 0.25) is 0 Å². The summed E-state index contributed by atoms with van der Waals surface area (Å²) < 4.78 is 19.9. The molecule has 36 heavy (non-hydrogen) atoms. The molecule has 0 saturated carbocycles. The van der Waals surface area contributed by atoms with Gasteiger partial charge in [0.15, 0.2) is 0 Å². The fourth-order valence-corrected chi connectivity index (χ4v) is 6.19. The fourth-order valence-electron chi connectivity index (χ4n) is 6.19. The second-order valence-corrected chi connectivity index (χ2v) is 10.4. The molecule has 3 aromatic rings. The zero-order valence-corrected chi connectivity index (χ0v) is 21.0. The molecule has 3 aromatic carbocycles. The smallest absolute Gasteiger partial charge is 0.227 e. The van der Waals surface area contributed by atoms with Crippen molar-refractivity contribution >= 4 is 28.1 Å². The van der Waals surface area contributed by atoms with Gasteiger partial charge in [-0.3, -0.25) is 9.69 Å². The molecule has 6 rings (SSSR count). The highest BCUT2D eigenvalue weighted by atomic mass is 19.1. The number of rotatable bonds is 5. The number of nitrogens with zero attached hydrogens (tertiary/aromatic N) is 3. The summed E-state index contributed by atoms with van der Waals surface area (Å²) in [6.07, 6.45) is 3.59. The summed E-state index contributed by atoms with van der Waals surface area (Å²) in [5, 5.41) is 2.06. The largest absolute Gasteiger partial charge is 0.373 e. The maximum absolute atomic E-state index is 13.7. The normalized spacial score (nSPS) is 22.9. The zero-order valence-electron chi connectivity index (χ0n) is 21.0. The first kappa shape index (κ1) is 23.4. The van der Waals surface area contributed by atoms with Crippen molar-refractivity contribution in [1.82, 2.24) is 4.90 Å². The molecule has 2 saturated heterocycles. The van der Waals surface area contributed by atoms with Crippen molar-refractivity contribution in [3.8, 4) is 0 Å². The van der Waals surface area contributed by atoms with Crippen molar-refractivity contribution in [2.75, 3.05) is 49.1 Å². The van der Waals surface area contributed by atoms with Crippen molar-refractivity contribution in [1.29, 1.82) is 0 Å². The topological polar surface area (TPSA) is 36.0 Å². The molecule has 0 bridgehead atoms. The fraction of sp³-hybridized carbons (Fsp3) is 0.433. The Morgan fingerprint density at radius 1 is 1.03 bits per heavy atom. The molecule has 2 fully saturated rings. The monoisotopic (exact) mass is 487 g/mol. The number of anilines is 2. The van der Waals surface area contributed by atoms with Crippen molar-refractivity contribution in [2.45, 2.75) is 44.8 Å². The van der Waals surface area contributed by atoms with E-state index in [-0.39, 0.29) is 17.8 Å². The van der Waals surface area contributed by atoms with Crippen LogP contribution in [0.4, 0.5) is 15.8 Å². The highest BCUT2D eigenvalue weighted by Gasteiger charge is 2.28. The second-order valence-electron chi connectivity index (χ2n) is 10.4. The Bertz CT molecular complexity index is 1280. The highest BCUT2D eigenvalue weighted by Crippen LogP contribution is 2.34. The summed E-state index contributed by atoms with van der Waals surface area (Å²) in [5.74, 6) is 0.0486. The van der Waals surface area contributed by atoms with Crippen LogP contribution in [0.25, 0.3) is 10.8 Å². The summed E-state index contributed by atoms with van der Waals surface area (Å²) in [7, 11) is 0. The minimum absolute atomic E-state index is 0.107. The van der Waals surface area contributed by atoms with Gasteiger partial charge in [-0.2, -0.15) is 0 Å². The van der Waals surface area contributed by atoms with Gasteiger partial charge in [0.1, 0.15) is 5.82 Å². The third-order valence-electron chi connectivity index (χ3n) is 8.15. The first-order valence-corrected chi connectivity index (χ1v) is 13.3. The van der Waals surface area contributed by atoms with Crippen LogP contribution in [0, 0.1) is 5.82 Å². The molecule has 0 aromatic heterocycles. The maximum Gasteiger partial charge on any atom is 0.227 e. The van der Waals surface area contributed by atoms with Crippen LogP contribution in [-0.2, 0) is 16.0 Å². The second kappa shape index (κ2) is 9.83. The number of halogens is 1. The van der Waals surface area contributed by atoms with Gasteiger partial charge in [0.05, 0.1) is 12.7 Å². The van der Waals surface area contributed by atoms with Crippen molar-refractivity contribution < 1.29 is 13.9 Å². The molecule has 5 nitrogen and oxygen atoms in total. The van der Waals surface area contributed by atoms with E-state index in [2.05, 4.69) is 41.0 Å². The Morgan fingerprint density at radius 3 is 2.78 bits per heavy atom. The molecule has 0 aliphatic carbocycles. The lowest BCUT2D eigenvalue weighted by Gasteiger charge is -2.42. The van der Waals surface area contributed by atoms with Crippen molar-refractivity contribution in [2.24, 2.45) is 0 Å². The molecule has 0 N–H and O–H groups in total. The van der Waals surface area contributed by atoms with Gasteiger partial charge in [0.25, 0.3) is 0 Å². The summed E-state index contributed by atoms with van der Waals surface area (Å²) in [6, 6.07) is 18.1. The van der Waals surface area contributed by atoms with Crippen molar-refractivity contribution in [3.05, 3.63) is 71.5 Å². The van der Waals surface area contributed by atoms with Gasteiger partial charge in [0, 0.05) is 61.9 Å². The number of hydrogen-bond acceptors (Lipinski definition) is 4. The number of piperazine rings is 1. The predicted molar refractivity (Wildman–Crippen MR) is 142 cm³/mol. The molecule has 0 spiro atoms. The molecule has 2 atom stereocenters. The lowest BCUT2D eigenvalue weighted by atomic mass is 9.94. The molecule has 1 amide bonds. The molecule has 188 valence electrons. The van der Waals surface area contributed by atoms with E-state index in [0.29, 0.717) is 12.5 Å². The number of carbonyl (C=O) groups excluding carboxylic acids is 1. The van der Waals surface area contributed by atoms with Gasteiger partial charge in [-0.25, -0.2) is 4.39 Å². The number of hydrogen-bond donors (Lipinski definition) is 0. The van der Waals surface area contributed by atoms with Gasteiger partial charge in [-0.1, -0.05) is 18.2 Å². The number of fused-ring (bicyclic) bond motifs is 2. The minimum Gasteiger partial charge on any atom is -0.373 e. The summed E-state index contributed by atoms with van der Waals surface area (Å²) in [4.78, 5) is 19.1. The lowest BCUT2D eigenvalue weighted by Crippen LogP contribution is -2.52. The first-order chi connectivity index (χ1) is 17.6. The van der Waals surface area contributed by atoms with E-state index in [1.165, 1.54) is 16.8 Å². The predicted octanol–water partition coefficient (Wildman–Crippen LogP) is 5.32. The number of ether oxygens (including phenoxy) is 1. The summed E-state index contributed by atoms with van der Waals surface area (Å²) in [6.45, 7) is 7.76. The first-order valence-electron chi connectivity index (χ1n) is 13.3. The van der Waals surface area contributed by atoms with Crippen LogP contribution in [0.3, 0.4) is 0 Å². The molecular formula is C30H34FN3O2. The summed E-state index contributed by atoms with van der Waals surface area (Å²) in [5.41, 5.74) is 4.84. The lowest BCUT2D eigenvalue weighted by molar-refractivity contribution is -0.117. The van der Waals surface area contributed by atoms with Gasteiger partial charge >= 0.3 is 0 Å². The third kappa shape index (κ3) is 4.48. The van der Waals surface area contributed by atoms with Gasteiger partial charge in [-0.05, 0) is 79.1 Å². The average Bonchev–Trinajstić information content (AvgIpc) is 3.32. The maximum atomic E-state index is 13.7. The van der Waals surface area contributed by atoms with E-state index >= 15 is 0 Å². The van der Waals surface area contributed by atoms with Crippen LogP contribution in [0.1, 0.15) is 43.4 Å². The van der Waals surface area contributed by atoms with Crippen molar-refractivity contribution in [3.63, 3.8) is 0 Å². The zero-order chi connectivity index (χ0) is 24.6. The summed E-state index contributed by atoms with van der Waals surface area (Å²) >= 11 is 0. The third-order valence-corrected chi connectivity index (χ3v) is 8.15. The molecule has 3 aliphatic heterocycles. The van der Waals surface area contributed by atoms with Crippen LogP contribution >= 0.6 is 0 Å². The van der Waals surface area contributed by atoms with Gasteiger partial charge in [0.2, 0.25) is 5.91 Å². The van der Waals surface area contributed by atoms with E-state index in [4.69, 9.17) is 4.74 Å². The average molecular weight is 488 g/mol. The molecule has 0 radical (unpaired) electrons. The van der Waals surface area contributed by atoms with Crippen LogP contribution in [-0.4, -0.2) is 56.2 Å². The Kier molecular flexibility index (Phi) is 6.40. The highest BCUT2D eigenvalue weighted by molar-refractivity contribution is 5.95. The molecule has 6 heteroatoms. The van der Waals surface area contributed by atoms with E-state index in [1.807, 2.05) is 23.1 Å². The van der Waals surface area contributed by atoms with Crippen LogP contribution < -0.4 is 9.80 Å². The molecular weight excluding hydrogens is 453 g/mol. The van der Waals surface area contributed by atoms with E-state index in [1.54, 1.807) is 12.1 Å². The minimum atomic E-state index is -0.190. The SMILES string of the molecule is C[C@@H]1CN(c2cccc3cc(F)ccc23)CCN1CC[C@@H]1OCCc2cc(N3CCCC3=O)ccc21. The standard InChI is InChI=1S/C30H34FN3O2/c1-21-20-33(28-5-2-4-22-18-24(31)7-9-26(22)28)16-15-32(21)14-11-29-27-10-8-25(19-23(27)12-17-36-29)34-13-3-6-30(34)35/h2,4-5,7-10,18-19,21,29H,3,6,11-17,20H2,1H3/t21-,29+/m1/s1. The Balaban J connectivity index is 1.10. The number of benzene rings is 3. The van der Waals surface area contributed by atoms with Gasteiger partial charge in [-0.15, -0.1) is 0 Å². The number of amides is 1. The van der Waals surface area contributed by atoms with Gasteiger partial charge < -0.3 is 14.5 Å².